The molecular formula is C19H20N2O2. The first kappa shape index (κ1) is 15.3. The van der Waals surface area contributed by atoms with Crippen molar-refractivity contribution in [2.75, 3.05) is 0 Å². The lowest BCUT2D eigenvalue weighted by Gasteiger charge is -2.39. The molecule has 0 spiro atoms. The molecule has 1 aliphatic rings. The maximum Gasteiger partial charge on any atom is 0.248 e. The molecule has 0 radical (unpaired) electrons. The van der Waals surface area contributed by atoms with Gasteiger partial charge in [-0.15, -0.1) is 0 Å². The van der Waals surface area contributed by atoms with Crippen molar-refractivity contribution < 1.29 is 9.59 Å². The summed E-state index contributed by atoms with van der Waals surface area (Å²) in [5.74, 6) is -0.136. The van der Waals surface area contributed by atoms with Crippen LogP contribution in [0.5, 0.6) is 0 Å². The molecular weight excluding hydrogens is 288 g/mol. The second kappa shape index (κ2) is 6.65. The molecule has 1 aliphatic heterocycles. The smallest absolute Gasteiger partial charge is 0.248 e. The van der Waals surface area contributed by atoms with Gasteiger partial charge in [-0.1, -0.05) is 67.6 Å². The first-order valence-electron chi connectivity index (χ1n) is 7.90. The molecule has 2 unspecified atom stereocenters. The van der Waals surface area contributed by atoms with Crippen LogP contribution < -0.4 is 5.32 Å². The molecule has 4 nitrogen and oxygen atoms in total. The predicted octanol–water partition coefficient (Wildman–Crippen LogP) is 2.66. The Hall–Kier alpha value is -2.62. The van der Waals surface area contributed by atoms with E-state index in [1.54, 1.807) is 4.90 Å². The summed E-state index contributed by atoms with van der Waals surface area (Å²) in [7, 11) is 0. The lowest BCUT2D eigenvalue weighted by Crippen LogP contribution is -2.58. The summed E-state index contributed by atoms with van der Waals surface area (Å²) in [6.45, 7) is 2.34. The molecule has 1 saturated heterocycles. The van der Waals surface area contributed by atoms with E-state index in [9.17, 15) is 9.59 Å². The number of nitrogens with zero attached hydrogens (tertiary/aromatic N) is 1. The Bertz CT molecular complexity index is 685. The van der Waals surface area contributed by atoms with Gasteiger partial charge in [-0.05, 0) is 17.5 Å². The molecule has 2 amide bonds. The van der Waals surface area contributed by atoms with E-state index in [4.69, 9.17) is 0 Å². The summed E-state index contributed by atoms with van der Waals surface area (Å²) in [6.07, 6.45) is 0.595. The lowest BCUT2D eigenvalue weighted by molar-refractivity contribution is -0.150. The van der Waals surface area contributed by atoms with E-state index < -0.39 is 12.1 Å². The predicted molar refractivity (Wildman–Crippen MR) is 88.4 cm³/mol. The van der Waals surface area contributed by atoms with Crippen molar-refractivity contribution in [1.29, 1.82) is 0 Å². The van der Waals surface area contributed by atoms with Gasteiger partial charge in [0.2, 0.25) is 11.8 Å². The summed E-state index contributed by atoms with van der Waals surface area (Å²) in [4.78, 5) is 27.1. The molecule has 23 heavy (non-hydrogen) atoms. The Morgan fingerprint density at radius 2 is 1.57 bits per heavy atom. The third-order valence-corrected chi connectivity index (χ3v) is 4.18. The van der Waals surface area contributed by atoms with Crippen molar-refractivity contribution >= 4 is 11.8 Å². The minimum atomic E-state index is -0.577. The van der Waals surface area contributed by atoms with Crippen LogP contribution >= 0.6 is 0 Å². The Balaban J connectivity index is 1.97. The molecule has 118 valence electrons. The molecule has 1 fully saturated rings. The second-order valence-electron chi connectivity index (χ2n) is 5.73. The molecule has 4 heteroatoms. The van der Waals surface area contributed by atoms with Gasteiger partial charge >= 0.3 is 0 Å². The number of hydrogen-bond donors (Lipinski definition) is 1. The molecule has 0 saturated carbocycles. The van der Waals surface area contributed by atoms with Crippen molar-refractivity contribution in [3.05, 3.63) is 71.8 Å². The van der Waals surface area contributed by atoms with Gasteiger partial charge in [-0.3, -0.25) is 9.59 Å². The summed E-state index contributed by atoms with van der Waals surface area (Å²) in [6, 6.07) is 18.2. The van der Waals surface area contributed by atoms with Crippen LogP contribution in [0.15, 0.2) is 60.7 Å². The number of piperazine rings is 1. The first-order chi connectivity index (χ1) is 11.2. The average Bonchev–Trinajstić information content (AvgIpc) is 2.59. The SMILES string of the molecule is CCC1NC(=O)C(c2ccccc2)N(Cc2ccccc2)C1=O. The van der Waals surface area contributed by atoms with Gasteiger partial charge in [0.05, 0.1) is 0 Å². The molecule has 2 atom stereocenters. The Kier molecular flexibility index (Phi) is 4.42. The van der Waals surface area contributed by atoms with Gasteiger partial charge < -0.3 is 10.2 Å². The number of rotatable bonds is 4. The zero-order valence-electron chi connectivity index (χ0n) is 13.1. The fourth-order valence-electron chi connectivity index (χ4n) is 2.97. The first-order valence-corrected chi connectivity index (χ1v) is 7.90. The monoisotopic (exact) mass is 308 g/mol. The van der Waals surface area contributed by atoms with Gasteiger partial charge in [0.15, 0.2) is 0 Å². The van der Waals surface area contributed by atoms with Crippen LogP contribution in [0.25, 0.3) is 0 Å². The van der Waals surface area contributed by atoms with E-state index in [0.717, 1.165) is 11.1 Å². The van der Waals surface area contributed by atoms with Crippen LogP contribution in [-0.4, -0.2) is 22.8 Å². The quantitative estimate of drug-likeness (QED) is 0.944. The summed E-state index contributed by atoms with van der Waals surface area (Å²) in [5, 5.41) is 2.85. The second-order valence-corrected chi connectivity index (χ2v) is 5.73. The topological polar surface area (TPSA) is 49.4 Å². The Morgan fingerprint density at radius 3 is 2.17 bits per heavy atom. The van der Waals surface area contributed by atoms with Gasteiger partial charge in [-0.2, -0.15) is 0 Å². The zero-order chi connectivity index (χ0) is 16.2. The lowest BCUT2D eigenvalue weighted by atomic mass is 9.98. The van der Waals surface area contributed by atoms with Crippen molar-refractivity contribution in [3.8, 4) is 0 Å². The maximum atomic E-state index is 12.8. The van der Waals surface area contributed by atoms with E-state index in [-0.39, 0.29) is 11.8 Å². The van der Waals surface area contributed by atoms with E-state index >= 15 is 0 Å². The van der Waals surface area contributed by atoms with Crippen molar-refractivity contribution in [3.63, 3.8) is 0 Å². The van der Waals surface area contributed by atoms with E-state index in [1.165, 1.54) is 0 Å². The molecule has 1 N–H and O–H groups in total. The molecule has 1 heterocycles. The van der Waals surface area contributed by atoms with Crippen LogP contribution in [0.3, 0.4) is 0 Å². The van der Waals surface area contributed by atoms with Crippen molar-refractivity contribution in [2.24, 2.45) is 0 Å². The van der Waals surface area contributed by atoms with Crippen LogP contribution in [0.4, 0.5) is 0 Å². The highest BCUT2D eigenvalue weighted by Gasteiger charge is 2.40. The van der Waals surface area contributed by atoms with Crippen LogP contribution in [0.2, 0.25) is 0 Å². The number of benzene rings is 2. The number of hydrogen-bond acceptors (Lipinski definition) is 2. The van der Waals surface area contributed by atoms with E-state index in [2.05, 4.69) is 5.32 Å². The minimum Gasteiger partial charge on any atom is -0.342 e. The number of carbonyl (C=O) groups excluding carboxylic acids is 2. The zero-order valence-corrected chi connectivity index (χ0v) is 13.1. The largest absolute Gasteiger partial charge is 0.342 e. The number of amides is 2. The molecule has 0 aliphatic carbocycles. The summed E-state index contributed by atoms with van der Waals surface area (Å²) in [5.41, 5.74) is 1.86. The third kappa shape index (κ3) is 3.11. The highest BCUT2D eigenvalue weighted by molar-refractivity contribution is 5.97. The third-order valence-electron chi connectivity index (χ3n) is 4.18. The molecule has 2 aromatic rings. The van der Waals surface area contributed by atoms with Crippen molar-refractivity contribution in [2.45, 2.75) is 32.0 Å². The fourth-order valence-corrected chi connectivity index (χ4v) is 2.97. The van der Waals surface area contributed by atoms with E-state index in [1.807, 2.05) is 67.6 Å². The van der Waals surface area contributed by atoms with Gasteiger partial charge in [-0.25, -0.2) is 0 Å². The Labute approximate surface area is 136 Å². The van der Waals surface area contributed by atoms with Gasteiger partial charge in [0.25, 0.3) is 0 Å². The highest BCUT2D eigenvalue weighted by atomic mass is 16.2. The maximum absolute atomic E-state index is 12.8. The molecule has 3 rings (SSSR count). The fraction of sp³-hybridized carbons (Fsp3) is 0.263. The van der Waals surface area contributed by atoms with Crippen LogP contribution in [-0.2, 0) is 16.1 Å². The van der Waals surface area contributed by atoms with E-state index in [0.29, 0.717) is 13.0 Å². The normalized spacial score (nSPS) is 21.2. The standard InChI is InChI=1S/C19H20N2O2/c1-2-16-19(23)21(13-14-9-5-3-6-10-14)17(18(22)20-16)15-11-7-4-8-12-15/h3-12,16-17H,2,13H2,1H3,(H,20,22). The minimum absolute atomic E-state index is 0.0233. The number of nitrogens with one attached hydrogen (secondary N) is 1. The highest BCUT2D eigenvalue weighted by Crippen LogP contribution is 2.28. The summed E-state index contributed by atoms with van der Waals surface area (Å²) >= 11 is 0. The van der Waals surface area contributed by atoms with Gasteiger partial charge in [0.1, 0.15) is 12.1 Å². The molecule has 2 aromatic carbocycles. The average molecular weight is 308 g/mol. The Morgan fingerprint density at radius 1 is 0.957 bits per heavy atom. The van der Waals surface area contributed by atoms with Crippen LogP contribution in [0, 0.1) is 0 Å². The molecule has 0 aromatic heterocycles. The van der Waals surface area contributed by atoms with Crippen LogP contribution in [0.1, 0.15) is 30.5 Å². The van der Waals surface area contributed by atoms with Gasteiger partial charge in [0, 0.05) is 6.54 Å². The van der Waals surface area contributed by atoms with Crippen molar-refractivity contribution in [1.82, 2.24) is 10.2 Å². The molecule has 0 bridgehead atoms. The number of carbonyl (C=O) groups is 2. The summed E-state index contributed by atoms with van der Waals surface area (Å²) < 4.78 is 0.